The molecule has 0 saturated heterocycles. The van der Waals surface area contributed by atoms with Gasteiger partial charge in [-0.15, -0.1) is 0 Å². The number of hydrogen-bond acceptors (Lipinski definition) is 6. The predicted octanol–water partition coefficient (Wildman–Crippen LogP) is 1.86. The molecule has 1 aromatic carbocycles. The summed E-state index contributed by atoms with van der Waals surface area (Å²) < 4.78 is 4.34. The minimum atomic E-state index is -1.68. The topological polar surface area (TPSA) is 110 Å². The third-order valence-electron chi connectivity index (χ3n) is 2.55. The summed E-state index contributed by atoms with van der Waals surface area (Å²) in [7, 11) is 1.11. The van der Waals surface area contributed by atoms with Gasteiger partial charge in [0.1, 0.15) is 6.10 Å². The van der Waals surface area contributed by atoms with Crippen molar-refractivity contribution >= 4 is 34.9 Å². The molecule has 0 amide bonds. The van der Waals surface area contributed by atoms with E-state index < -0.39 is 35.2 Å². The molecular formula is C11H11Cl2NO6. The number of esters is 1. The number of carbonyl (C=O) groups excluding carboxylic acids is 1. The molecule has 0 aliphatic heterocycles. The van der Waals surface area contributed by atoms with Crippen molar-refractivity contribution in [3.8, 4) is 0 Å². The Hall–Kier alpha value is -1.41. The van der Waals surface area contributed by atoms with Crippen molar-refractivity contribution in [1.82, 2.24) is 0 Å². The zero-order valence-corrected chi connectivity index (χ0v) is 11.8. The lowest BCUT2D eigenvalue weighted by molar-refractivity contribution is -0.386. The standard InChI is InChI=1S/C11H11Cl2NO6/c1-20-10(16)4-9(15)11(17)5-2-6(12)7(13)3-8(5)14(18)19/h2-3,9,11,15,17H,4H2,1H3. The van der Waals surface area contributed by atoms with Crippen LogP contribution in [-0.4, -0.2) is 34.3 Å². The van der Waals surface area contributed by atoms with Gasteiger partial charge in [-0.1, -0.05) is 23.2 Å². The third-order valence-corrected chi connectivity index (χ3v) is 3.28. The van der Waals surface area contributed by atoms with Crippen molar-refractivity contribution in [1.29, 1.82) is 0 Å². The van der Waals surface area contributed by atoms with E-state index in [0.29, 0.717) is 0 Å². The molecule has 20 heavy (non-hydrogen) atoms. The lowest BCUT2D eigenvalue weighted by Crippen LogP contribution is -2.23. The predicted molar refractivity (Wildman–Crippen MR) is 70.7 cm³/mol. The van der Waals surface area contributed by atoms with Crippen LogP contribution in [-0.2, 0) is 9.53 Å². The number of halogens is 2. The van der Waals surface area contributed by atoms with Crippen molar-refractivity contribution in [2.75, 3.05) is 7.11 Å². The van der Waals surface area contributed by atoms with Crippen molar-refractivity contribution < 1.29 is 24.7 Å². The molecule has 0 saturated carbocycles. The number of aliphatic hydroxyl groups is 2. The van der Waals surface area contributed by atoms with Crippen LogP contribution in [0.25, 0.3) is 0 Å². The lowest BCUT2D eigenvalue weighted by Gasteiger charge is -2.17. The molecule has 2 unspecified atom stereocenters. The normalized spacial score (nSPS) is 13.7. The number of nitro benzene ring substituents is 1. The van der Waals surface area contributed by atoms with Crippen LogP contribution in [0.2, 0.25) is 10.0 Å². The van der Waals surface area contributed by atoms with Gasteiger partial charge in [0.05, 0.1) is 40.2 Å². The lowest BCUT2D eigenvalue weighted by atomic mass is 10.0. The molecule has 2 N–H and O–H groups in total. The first-order chi connectivity index (χ1) is 9.27. The number of nitrogens with zero attached hydrogens (tertiary/aromatic N) is 1. The highest BCUT2D eigenvalue weighted by Crippen LogP contribution is 2.35. The van der Waals surface area contributed by atoms with Crippen LogP contribution >= 0.6 is 23.2 Å². The van der Waals surface area contributed by atoms with Crippen molar-refractivity contribution in [2.24, 2.45) is 0 Å². The second-order valence-corrected chi connectivity index (χ2v) is 4.69. The Kier molecular flexibility index (Phi) is 5.70. The summed E-state index contributed by atoms with van der Waals surface area (Å²) >= 11 is 11.4. The molecule has 1 aromatic rings. The monoisotopic (exact) mass is 323 g/mol. The largest absolute Gasteiger partial charge is 0.469 e. The molecular weight excluding hydrogens is 313 g/mol. The maximum Gasteiger partial charge on any atom is 0.308 e. The van der Waals surface area contributed by atoms with Crippen LogP contribution in [0.1, 0.15) is 18.1 Å². The van der Waals surface area contributed by atoms with Gasteiger partial charge in [-0.3, -0.25) is 14.9 Å². The highest BCUT2D eigenvalue weighted by atomic mass is 35.5. The Labute approximate surface area is 123 Å². The summed E-state index contributed by atoms with van der Waals surface area (Å²) in [6.45, 7) is 0. The van der Waals surface area contributed by atoms with Gasteiger partial charge in [0, 0.05) is 6.07 Å². The SMILES string of the molecule is COC(=O)CC(O)C(O)c1cc(Cl)c(Cl)cc1[N+](=O)[O-]. The molecule has 0 spiro atoms. The van der Waals surface area contributed by atoms with Gasteiger partial charge in [-0.05, 0) is 6.07 Å². The van der Waals surface area contributed by atoms with E-state index in [1.807, 2.05) is 0 Å². The van der Waals surface area contributed by atoms with Crippen LogP contribution in [0.5, 0.6) is 0 Å². The first-order valence-corrected chi connectivity index (χ1v) is 6.09. The average Bonchev–Trinajstić information content (AvgIpc) is 2.39. The van der Waals surface area contributed by atoms with Crippen molar-refractivity contribution in [3.05, 3.63) is 37.9 Å². The number of aliphatic hydroxyl groups excluding tert-OH is 2. The first-order valence-electron chi connectivity index (χ1n) is 5.34. The molecule has 1 rings (SSSR count). The van der Waals surface area contributed by atoms with Gasteiger partial charge in [0.2, 0.25) is 0 Å². The first kappa shape index (κ1) is 16.6. The summed E-state index contributed by atoms with van der Waals surface area (Å²) in [5.74, 6) is -0.765. The van der Waals surface area contributed by atoms with Gasteiger partial charge in [-0.25, -0.2) is 0 Å². The number of rotatable bonds is 5. The molecule has 9 heteroatoms. The summed E-state index contributed by atoms with van der Waals surface area (Å²) in [6.07, 6.45) is -3.77. The van der Waals surface area contributed by atoms with Crippen molar-refractivity contribution in [2.45, 2.75) is 18.6 Å². The molecule has 0 aliphatic rings. The summed E-state index contributed by atoms with van der Waals surface area (Å²) in [5, 5.41) is 30.4. The second kappa shape index (κ2) is 6.85. The van der Waals surface area contributed by atoms with Crippen LogP contribution in [0.4, 0.5) is 5.69 Å². The molecule has 0 heterocycles. The van der Waals surface area contributed by atoms with E-state index in [1.54, 1.807) is 0 Å². The number of nitro groups is 1. The fourth-order valence-corrected chi connectivity index (χ4v) is 1.85. The van der Waals surface area contributed by atoms with Gasteiger partial charge < -0.3 is 14.9 Å². The molecule has 0 fully saturated rings. The zero-order valence-electron chi connectivity index (χ0n) is 10.2. The van der Waals surface area contributed by atoms with E-state index >= 15 is 0 Å². The molecule has 7 nitrogen and oxygen atoms in total. The molecule has 2 atom stereocenters. The second-order valence-electron chi connectivity index (χ2n) is 3.87. The number of methoxy groups -OCH3 is 1. The van der Waals surface area contributed by atoms with Crippen LogP contribution < -0.4 is 0 Å². The minimum Gasteiger partial charge on any atom is -0.469 e. The van der Waals surface area contributed by atoms with Crippen LogP contribution in [0.3, 0.4) is 0 Å². The van der Waals surface area contributed by atoms with E-state index in [4.69, 9.17) is 23.2 Å². The van der Waals surface area contributed by atoms with E-state index in [-0.39, 0.29) is 15.6 Å². The zero-order chi connectivity index (χ0) is 15.4. The van der Waals surface area contributed by atoms with E-state index in [0.717, 1.165) is 19.2 Å². The van der Waals surface area contributed by atoms with Gasteiger partial charge in [0.25, 0.3) is 5.69 Å². The van der Waals surface area contributed by atoms with E-state index in [1.165, 1.54) is 0 Å². The highest BCUT2D eigenvalue weighted by molar-refractivity contribution is 6.42. The minimum absolute atomic E-state index is 0.0171. The van der Waals surface area contributed by atoms with Gasteiger partial charge in [0.15, 0.2) is 0 Å². The average molecular weight is 324 g/mol. The van der Waals surface area contributed by atoms with Crippen LogP contribution in [0.15, 0.2) is 12.1 Å². The van der Waals surface area contributed by atoms with Crippen LogP contribution in [0, 0.1) is 10.1 Å². The number of carbonyl (C=O) groups is 1. The Morgan fingerprint density at radius 1 is 1.40 bits per heavy atom. The highest BCUT2D eigenvalue weighted by Gasteiger charge is 2.29. The number of hydrogen-bond donors (Lipinski definition) is 2. The fraction of sp³-hybridized carbons (Fsp3) is 0.364. The Morgan fingerprint density at radius 3 is 2.45 bits per heavy atom. The molecule has 0 bridgehead atoms. The fourth-order valence-electron chi connectivity index (χ4n) is 1.52. The Balaban J connectivity index is 3.14. The molecule has 0 aliphatic carbocycles. The maximum absolute atomic E-state index is 11.0. The Bertz CT molecular complexity index is 536. The summed E-state index contributed by atoms with van der Waals surface area (Å²) in [4.78, 5) is 21.2. The van der Waals surface area contributed by atoms with E-state index in [2.05, 4.69) is 4.74 Å². The number of benzene rings is 1. The third kappa shape index (κ3) is 3.80. The smallest absolute Gasteiger partial charge is 0.308 e. The van der Waals surface area contributed by atoms with E-state index in [9.17, 15) is 25.1 Å². The number of ether oxygens (including phenoxy) is 1. The molecule has 0 radical (unpaired) electrons. The van der Waals surface area contributed by atoms with Crippen molar-refractivity contribution in [3.63, 3.8) is 0 Å². The summed E-state index contributed by atoms with van der Waals surface area (Å²) in [6, 6.07) is 2.04. The quantitative estimate of drug-likeness (QED) is 0.486. The summed E-state index contributed by atoms with van der Waals surface area (Å²) in [5.41, 5.74) is -0.739. The Morgan fingerprint density at radius 2 is 1.95 bits per heavy atom. The van der Waals surface area contributed by atoms with Gasteiger partial charge >= 0.3 is 5.97 Å². The molecule has 110 valence electrons. The molecule has 0 aromatic heterocycles. The van der Waals surface area contributed by atoms with Gasteiger partial charge in [-0.2, -0.15) is 0 Å². The maximum atomic E-state index is 11.0.